The molecular formula is C24H32FIN6O. The summed E-state index contributed by atoms with van der Waals surface area (Å²) in [4.78, 5) is 11.4. The van der Waals surface area contributed by atoms with Crippen molar-refractivity contribution in [1.82, 2.24) is 25.1 Å². The quantitative estimate of drug-likeness (QED) is 0.261. The lowest BCUT2D eigenvalue weighted by Gasteiger charge is -2.35. The molecule has 3 aromatic rings. The first-order valence-corrected chi connectivity index (χ1v) is 11.1. The largest absolute Gasteiger partial charge is 0.379 e. The van der Waals surface area contributed by atoms with E-state index in [1.54, 1.807) is 7.05 Å². The first-order valence-electron chi connectivity index (χ1n) is 11.1. The molecule has 0 radical (unpaired) electrons. The van der Waals surface area contributed by atoms with Crippen LogP contribution < -0.4 is 10.6 Å². The zero-order valence-corrected chi connectivity index (χ0v) is 21.5. The Morgan fingerprint density at radius 1 is 1.12 bits per heavy atom. The average molecular weight is 566 g/mol. The number of aryl methyl sites for hydroxylation is 1. The van der Waals surface area contributed by atoms with Crippen LogP contribution in [0, 0.1) is 12.7 Å². The smallest absolute Gasteiger partial charge is 0.191 e. The lowest BCUT2D eigenvalue weighted by molar-refractivity contribution is 0.0170. The highest BCUT2D eigenvalue weighted by molar-refractivity contribution is 14.0. The Hall–Kier alpha value is -2.24. The maximum atomic E-state index is 13.5. The zero-order chi connectivity index (χ0) is 22.3. The number of aliphatic imine (C=N–C) groups is 1. The molecule has 7 nitrogen and oxygen atoms in total. The number of aromatic nitrogens is 2. The van der Waals surface area contributed by atoms with Crippen LogP contribution in [0.5, 0.6) is 0 Å². The van der Waals surface area contributed by atoms with Crippen LogP contribution in [0.1, 0.15) is 17.4 Å². The Morgan fingerprint density at radius 2 is 1.85 bits per heavy atom. The van der Waals surface area contributed by atoms with E-state index in [-0.39, 0.29) is 35.8 Å². The van der Waals surface area contributed by atoms with Crippen LogP contribution in [-0.2, 0) is 11.3 Å². The molecule has 1 unspecified atom stereocenters. The fraction of sp³-hybridized carbons (Fsp3) is 0.417. The van der Waals surface area contributed by atoms with Crippen molar-refractivity contribution < 1.29 is 9.13 Å². The number of nitrogens with one attached hydrogen (secondary N) is 2. The van der Waals surface area contributed by atoms with Gasteiger partial charge >= 0.3 is 0 Å². The summed E-state index contributed by atoms with van der Waals surface area (Å²) in [7, 11) is 1.77. The Bertz CT molecular complexity index is 1050. The first-order chi connectivity index (χ1) is 15.7. The minimum Gasteiger partial charge on any atom is -0.379 e. The number of fused-ring (bicyclic) bond motifs is 1. The van der Waals surface area contributed by atoms with E-state index in [1.807, 2.05) is 37.3 Å². The molecule has 33 heavy (non-hydrogen) atoms. The van der Waals surface area contributed by atoms with Crippen LogP contribution in [0.4, 0.5) is 4.39 Å². The molecule has 2 N–H and O–H groups in total. The molecule has 1 aliphatic rings. The van der Waals surface area contributed by atoms with Crippen molar-refractivity contribution in [2.24, 2.45) is 4.99 Å². The van der Waals surface area contributed by atoms with Crippen LogP contribution in [0.3, 0.4) is 0 Å². The molecule has 178 valence electrons. The fourth-order valence-electron chi connectivity index (χ4n) is 4.21. The number of nitrogens with zero attached hydrogens (tertiary/aromatic N) is 4. The Labute approximate surface area is 211 Å². The number of ether oxygens (including phenoxy) is 1. The predicted molar refractivity (Wildman–Crippen MR) is 141 cm³/mol. The molecule has 1 aromatic heterocycles. The molecule has 9 heteroatoms. The van der Waals surface area contributed by atoms with E-state index in [9.17, 15) is 4.39 Å². The van der Waals surface area contributed by atoms with Crippen LogP contribution >= 0.6 is 24.0 Å². The van der Waals surface area contributed by atoms with Crippen molar-refractivity contribution >= 4 is 41.0 Å². The molecule has 0 aliphatic carbocycles. The van der Waals surface area contributed by atoms with Crippen molar-refractivity contribution in [3.8, 4) is 0 Å². The third kappa shape index (κ3) is 6.42. The van der Waals surface area contributed by atoms with Gasteiger partial charge in [-0.2, -0.15) is 0 Å². The summed E-state index contributed by atoms with van der Waals surface area (Å²) in [6.07, 6.45) is 0. The molecule has 0 bridgehead atoms. The number of para-hydroxylation sites is 2. The highest BCUT2D eigenvalue weighted by Crippen LogP contribution is 2.21. The third-order valence-electron chi connectivity index (χ3n) is 5.90. The lowest BCUT2D eigenvalue weighted by atomic mass is 10.0. The Morgan fingerprint density at radius 3 is 2.58 bits per heavy atom. The van der Waals surface area contributed by atoms with E-state index in [1.165, 1.54) is 12.1 Å². The number of guanidine groups is 1. The summed E-state index contributed by atoms with van der Waals surface area (Å²) < 4.78 is 21.2. The number of hydrogen-bond acceptors (Lipinski definition) is 4. The summed E-state index contributed by atoms with van der Waals surface area (Å²) in [5.41, 5.74) is 3.23. The number of benzene rings is 2. The second kappa shape index (κ2) is 12.3. The maximum Gasteiger partial charge on any atom is 0.191 e. The van der Waals surface area contributed by atoms with Gasteiger partial charge in [0.1, 0.15) is 11.6 Å². The van der Waals surface area contributed by atoms with Gasteiger partial charge in [-0.15, -0.1) is 24.0 Å². The van der Waals surface area contributed by atoms with Crippen LogP contribution in [0.2, 0.25) is 0 Å². The number of morpholine rings is 1. The van der Waals surface area contributed by atoms with Gasteiger partial charge in [0.25, 0.3) is 0 Å². The predicted octanol–water partition coefficient (Wildman–Crippen LogP) is 3.34. The second-order valence-corrected chi connectivity index (χ2v) is 7.89. The van der Waals surface area contributed by atoms with Gasteiger partial charge in [-0.3, -0.25) is 9.89 Å². The van der Waals surface area contributed by atoms with Gasteiger partial charge in [0.2, 0.25) is 0 Å². The minimum atomic E-state index is -0.220. The van der Waals surface area contributed by atoms with E-state index < -0.39 is 0 Å². The van der Waals surface area contributed by atoms with Crippen molar-refractivity contribution in [2.75, 3.05) is 46.4 Å². The van der Waals surface area contributed by atoms with Gasteiger partial charge in [0.05, 0.1) is 30.3 Å². The van der Waals surface area contributed by atoms with Gasteiger partial charge < -0.3 is 19.9 Å². The molecular weight excluding hydrogens is 534 g/mol. The van der Waals surface area contributed by atoms with Crippen LogP contribution in [-0.4, -0.2) is 66.9 Å². The SMILES string of the molecule is CN=C(NCCn1c(C)nc2ccccc21)NCC(c1ccc(F)cc1)N1CCOCC1.I. The molecule has 1 fully saturated rings. The number of halogens is 2. The molecule has 0 spiro atoms. The number of imidazole rings is 1. The normalized spacial score (nSPS) is 15.8. The van der Waals surface area contributed by atoms with Crippen molar-refractivity contribution in [2.45, 2.75) is 19.5 Å². The minimum absolute atomic E-state index is 0. The molecule has 4 rings (SSSR count). The van der Waals surface area contributed by atoms with Gasteiger partial charge in [-0.1, -0.05) is 24.3 Å². The molecule has 2 heterocycles. The summed E-state index contributed by atoms with van der Waals surface area (Å²) in [5, 5.41) is 6.86. The highest BCUT2D eigenvalue weighted by atomic mass is 127. The van der Waals surface area contributed by atoms with E-state index in [2.05, 4.69) is 36.1 Å². The molecule has 1 saturated heterocycles. The maximum absolute atomic E-state index is 13.5. The lowest BCUT2D eigenvalue weighted by Crippen LogP contribution is -2.46. The Kier molecular flexibility index (Phi) is 9.45. The van der Waals surface area contributed by atoms with E-state index in [4.69, 9.17) is 4.74 Å². The van der Waals surface area contributed by atoms with Crippen molar-refractivity contribution in [3.63, 3.8) is 0 Å². The van der Waals surface area contributed by atoms with Gasteiger partial charge in [-0.05, 0) is 36.8 Å². The first kappa shape index (κ1) is 25.4. The van der Waals surface area contributed by atoms with Gasteiger partial charge in [-0.25, -0.2) is 9.37 Å². The number of rotatable bonds is 7. The number of hydrogen-bond donors (Lipinski definition) is 2. The molecule has 0 amide bonds. The van der Waals surface area contributed by atoms with Gasteiger partial charge in [0.15, 0.2) is 5.96 Å². The molecule has 1 aliphatic heterocycles. The summed E-state index contributed by atoms with van der Waals surface area (Å²) in [6, 6.07) is 15.1. The van der Waals surface area contributed by atoms with Gasteiger partial charge in [0, 0.05) is 39.8 Å². The molecule has 1 atom stereocenters. The van der Waals surface area contributed by atoms with Crippen molar-refractivity contribution in [1.29, 1.82) is 0 Å². The summed E-state index contributed by atoms with van der Waals surface area (Å²) >= 11 is 0. The van der Waals surface area contributed by atoms with E-state index in [0.717, 1.165) is 54.6 Å². The van der Waals surface area contributed by atoms with Crippen LogP contribution in [0.15, 0.2) is 53.5 Å². The van der Waals surface area contributed by atoms with E-state index >= 15 is 0 Å². The zero-order valence-electron chi connectivity index (χ0n) is 19.1. The average Bonchev–Trinajstić information content (AvgIpc) is 3.14. The fourth-order valence-corrected chi connectivity index (χ4v) is 4.21. The monoisotopic (exact) mass is 566 g/mol. The third-order valence-corrected chi connectivity index (χ3v) is 5.90. The van der Waals surface area contributed by atoms with Crippen molar-refractivity contribution in [3.05, 3.63) is 65.7 Å². The molecule has 0 saturated carbocycles. The Balaban J connectivity index is 0.00000306. The second-order valence-electron chi connectivity index (χ2n) is 7.89. The topological polar surface area (TPSA) is 66.7 Å². The summed E-state index contributed by atoms with van der Waals surface area (Å²) in [5.74, 6) is 1.52. The van der Waals surface area contributed by atoms with Crippen LogP contribution in [0.25, 0.3) is 11.0 Å². The van der Waals surface area contributed by atoms with E-state index in [0.29, 0.717) is 19.8 Å². The highest BCUT2D eigenvalue weighted by Gasteiger charge is 2.23. The summed E-state index contributed by atoms with van der Waals surface area (Å²) in [6.45, 7) is 7.33. The standard InChI is InChI=1S/C24H31FN6O.HI/c1-18-29-21-5-3-4-6-22(21)31(18)12-11-27-24(26-2)28-17-23(30-13-15-32-16-14-30)19-7-9-20(25)10-8-19;/h3-10,23H,11-17H2,1-2H3,(H2,26,27,28);1H. The molecule has 2 aromatic carbocycles.